The average Bonchev–Trinajstić information content (AvgIpc) is 3.27. The van der Waals surface area contributed by atoms with Crippen molar-refractivity contribution in [1.82, 2.24) is 9.97 Å². The van der Waals surface area contributed by atoms with Crippen LogP contribution in [0.15, 0.2) is 6.07 Å². The first-order valence-electron chi connectivity index (χ1n) is 8.29. The van der Waals surface area contributed by atoms with Gasteiger partial charge in [-0.05, 0) is 30.6 Å². The summed E-state index contributed by atoms with van der Waals surface area (Å²) in [5, 5.41) is 6.90. The van der Waals surface area contributed by atoms with E-state index in [2.05, 4.69) is 50.2 Å². The largest absolute Gasteiger partial charge is 0.370 e. The van der Waals surface area contributed by atoms with Crippen LogP contribution in [0.25, 0.3) is 0 Å². The summed E-state index contributed by atoms with van der Waals surface area (Å²) in [5.41, 5.74) is 0.252. The van der Waals surface area contributed by atoms with Gasteiger partial charge in [-0.2, -0.15) is 0 Å². The van der Waals surface area contributed by atoms with Gasteiger partial charge >= 0.3 is 0 Å². The molecule has 1 saturated carbocycles. The highest BCUT2D eigenvalue weighted by Crippen LogP contribution is 2.39. The van der Waals surface area contributed by atoms with E-state index in [9.17, 15) is 0 Å². The molecule has 0 atom stereocenters. The van der Waals surface area contributed by atoms with Gasteiger partial charge in [-0.15, -0.1) is 0 Å². The van der Waals surface area contributed by atoms with Crippen LogP contribution in [0.1, 0.15) is 65.6 Å². The number of hydrogen-bond donors (Lipinski definition) is 2. The monoisotopic (exact) mass is 290 g/mol. The molecule has 4 nitrogen and oxygen atoms in total. The Balaban J connectivity index is 2.08. The van der Waals surface area contributed by atoms with Gasteiger partial charge in [-0.3, -0.25) is 0 Å². The summed E-state index contributed by atoms with van der Waals surface area (Å²) in [7, 11) is 0. The Morgan fingerprint density at radius 3 is 2.33 bits per heavy atom. The van der Waals surface area contributed by atoms with Crippen molar-refractivity contribution >= 4 is 11.6 Å². The maximum absolute atomic E-state index is 4.70. The Morgan fingerprint density at radius 1 is 1.19 bits per heavy atom. The van der Waals surface area contributed by atoms with Crippen LogP contribution < -0.4 is 10.6 Å². The minimum absolute atomic E-state index is 0.252. The number of nitrogens with one attached hydrogen (secondary N) is 2. The topological polar surface area (TPSA) is 49.8 Å². The molecule has 1 aliphatic rings. The molecule has 0 aliphatic heterocycles. The van der Waals surface area contributed by atoms with Crippen LogP contribution in [0.4, 0.5) is 11.6 Å². The van der Waals surface area contributed by atoms with E-state index in [1.807, 2.05) is 6.07 Å². The minimum Gasteiger partial charge on any atom is -0.370 e. The molecular formula is C17H30N4. The van der Waals surface area contributed by atoms with E-state index in [1.165, 1.54) is 12.8 Å². The third-order valence-electron chi connectivity index (χ3n) is 4.53. The third-order valence-corrected chi connectivity index (χ3v) is 4.53. The van der Waals surface area contributed by atoms with E-state index in [1.54, 1.807) is 0 Å². The molecule has 21 heavy (non-hydrogen) atoms. The molecule has 0 saturated heterocycles. The van der Waals surface area contributed by atoms with Crippen molar-refractivity contribution in [1.29, 1.82) is 0 Å². The van der Waals surface area contributed by atoms with Crippen LogP contribution >= 0.6 is 0 Å². The standard InChI is InChI=1S/C17H30N4/c1-6-9-18-14-10-15(19-11-17(4,5)12(2)3)21-16(20-14)13-7-8-13/h10,12-13H,6-9,11H2,1-5H3,(H2,18,19,20,21). The number of nitrogens with zero attached hydrogens (tertiary/aromatic N) is 2. The molecule has 0 aromatic carbocycles. The molecule has 4 heteroatoms. The fraction of sp³-hybridized carbons (Fsp3) is 0.765. The summed E-state index contributed by atoms with van der Waals surface area (Å²) < 4.78 is 0. The Hall–Kier alpha value is -1.32. The van der Waals surface area contributed by atoms with Crippen LogP contribution in [-0.4, -0.2) is 23.1 Å². The Kier molecular flexibility index (Phi) is 5.07. The average molecular weight is 290 g/mol. The maximum atomic E-state index is 4.70. The highest BCUT2D eigenvalue weighted by Gasteiger charge is 2.28. The fourth-order valence-electron chi connectivity index (χ4n) is 1.95. The first-order valence-corrected chi connectivity index (χ1v) is 8.29. The normalized spacial score (nSPS) is 15.3. The SMILES string of the molecule is CCCNc1cc(NCC(C)(C)C(C)C)nc(C2CC2)n1. The molecule has 2 rings (SSSR count). The summed E-state index contributed by atoms with van der Waals surface area (Å²) in [6, 6.07) is 2.04. The molecule has 1 aromatic rings. The Labute approximate surface area is 129 Å². The lowest BCUT2D eigenvalue weighted by Gasteiger charge is -2.29. The number of hydrogen-bond acceptors (Lipinski definition) is 4. The van der Waals surface area contributed by atoms with Gasteiger partial charge in [0, 0.05) is 25.1 Å². The molecule has 0 amide bonds. The summed E-state index contributed by atoms with van der Waals surface area (Å²) >= 11 is 0. The van der Waals surface area contributed by atoms with Crippen molar-refractivity contribution in [2.45, 2.75) is 59.8 Å². The summed E-state index contributed by atoms with van der Waals surface area (Å²) in [6.45, 7) is 13.2. The van der Waals surface area contributed by atoms with E-state index in [0.29, 0.717) is 11.8 Å². The molecule has 1 heterocycles. The Bertz CT molecular complexity index is 464. The smallest absolute Gasteiger partial charge is 0.136 e. The summed E-state index contributed by atoms with van der Waals surface area (Å²) in [6.07, 6.45) is 3.56. The highest BCUT2D eigenvalue weighted by atomic mass is 15.1. The zero-order chi connectivity index (χ0) is 15.5. The van der Waals surface area contributed by atoms with Crippen molar-refractivity contribution in [3.05, 3.63) is 11.9 Å². The lowest BCUT2D eigenvalue weighted by Crippen LogP contribution is -2.29. The van der Waals surface area contributed by atoms with Crippen LogP contribution in [0.3, 0.4) is 0 Å². The lowest BCUT2D eigenvalue weighted by atomic mass is 9.81. The second kappa shape index (κ2) is 6.63. The van der Waals surface area contributed by atoms with Crippen molar-refractivity contribution in [2.75, 3.05) is 23.7 Å². The second-order valence-electron chi connectivity index (χ2n) is 7.19. The first-order chi connectivity index (χ1) is 9.92. The molecule has 0 radical (unpaired) electrons. The molecule has 0 unspecified atom stereocenters. The number of aromatic nitrogens is 2. The number of rotatable bonds is 8. The van der Waals surface area contributed by atoms with Crippen molar-refractivity contribution in [3.63, 3.8) is 0 Å². The Morgan fingerprint density at radius 2 is 1.81 bits per heavy atom. The molecule has 0 bridgehead atoms. The van der Waals surface area contributed by atoms with E-state index < -0.39 is 0 Å². The molecule has 1 aromatic heterocycles. The lowest BCUT2D eigenvalue weighted by molar-refractivity contribution is 0.269. The predicted molar refractivity (Wildman–Crippen MR) is 89.9 cm³/mol. The second-order valence-corrected chi connectivity index (χ2v) is 7.19. The van der Waals surface area contributed by atoms with Gasteiger partial charge in [0.15, 0.2) is 0 Å². The molecule has 2 N–H and O–H groups in total. The quantitative estimate of drug-likeness (QED) is 0.750. The fourth-order valence-corrected chi connectivity index (χ4v) is 1.95. The molecular weight excluding hydrogens is 260 g/mol. The molecule has 118 valence electrons. The van der Waals surface area contributed by atoms with Gasteiger partial charge in [0.05, 0.1) is 0 Å². The van der Waals surface area contributed by atoms with Crippen LogP contribution in [0, 0.1) is 11.3 Å². The molecule has 0 spiro atoms. The molecule has 1 fully saturated rings. The van der Waals surface area contributed by atoms with Gasteiger partial charge in [-0.1, -0.05) is 34.6 Å². The van der Waals surface area contributed by atoms with Crippen molar-refractivity contribution in [2.24, 2.45) is 11.3 Å². The summed E-state index contributed by atoms with van der Waals surface area (Å²) in [5.74, 6) is 4.12. The van der Waals surface area contributed by atoms with E-state index in [-0.39, 0.29) is 5.41 Å². The van der Waals surface area contributed by atoms with Gasteiger partial charge in [0.1, 0.15) is 17.5 Å². The van der Waals surface area contributed by atoms with Crippen LogP contribution in [-0.2, 0) is 0 Å². The van der Waals surface area contributed by atoms with E-state index in [0.717, 1.165) is 37.0 Å². The van der Waals surface area contributed by atoms with Gasteiger partial charge < -0.3 is 10.6 Å². The third kappa shape index (κ3) is 4.58. The minimum atomic E-state index is 0.252. The van der Waals surface area contributed by atoms with E-state index >= 15 is 0 Å². The number of anilines is 2. The maximum Gasteiger partial charge on any atom is 0.136 e. The summed E-state index contributed by atoms with van der Waals surface area (Å²) in [4.78, 5) is 9.35. The zero-order valence-corrected chi connectivity index (χ0v) is 14.2. The first kappa shape index (κ1) is 16.1. The predicted octanol–water partition coefficient (Wildman–Crippen LogP) is 4.27. The molecule has 1 aliphatic carbocycles. The van der Waals surface area contributed by atoms with Crippen LogP contribution in [0.5, 0.6) is 0 Å². The van der Waals surface area contributed by atoms with Gasteiger partial charge in [-0.25, -0.2) is 9.97 Å². The van der Waals surface area contributed by atoms with Crippen molar-refractivity contribution < 1.29 is 0 Å². The van der Waals surface area contributed by atoms with Gasteiger partial charge in [0.25, 0.3) is 0 Å². The van der Waals surface area contributed by atoms with Crippen molar-refractivity contribution in [3.8, 4) is 0 Å². The van der Waals surface area contributed by atoms with Crippen LogP contribution in [0.2, 0.25) is 0 Å². The van der Waals surface area contributed by atoms with E-state index in [4.69, 9.17) is 4.98 Å². The zero-order valence-electron chi connectivity index (χ0n) is 14.2. The highest BCUT2D eigenvalue weighted by molar-refractivity contribution is 5.48. The van der Waals surface area contributed by atoms with Gasteiger partial charge in [0.2, 0.25) is 0 Å².